The Kier molecular flexibility index (Phi) is 6.47. The molecule has 1 aliphatic heterocycles. The number of aromatic nitrogens is 5. The van der Waals surface area contributed by atoms with Crippen LogP contribution in [0.1, 0.15) is 12.8 Å². The smallest absolute Gasteiger partial charge is 0.226 e. The molecule has 5 rings (SSSR count). The summed E-state index contributed by atoms with van der Waals surface area (Å²) in [5, 5.41) is 7.68. The van der Waals surface area contributed by atoms with Gasteiger partial charge in [0.1, 0.15) is 11.9 Å². The van der Waals surface area contributed by atoms with Gasteiger partial charge < -0.3 is 20.7 Å². The molecule has 1 unspecified atom stereocenters. The van der Waals surface area contributed by atoms with Gasteiger partial charge in [-0.1, -0.05) is 6.07 Å². The predicted octanol–water partition coefficient (Wildman–Crippen LogP) is 4.02. The van der Waals surface area contributed by atoms with Crippen LogP contribution in [0.3, 0.4) is 0 Å². The summed E-state index contributed by atoms with van der Waals surface area (Å²) < 4.78 is 35.9. The number of rotatable bonds is 6. The van der Waals surface area contributed by atoms with Gasteiger partial charge in [-0.3, -0.25) is 0 Å². The average Bonchev–Trinajstić information content (AvgIpc) is 3.22. The molecule has 11 heteroatoms. The number of halogens is 2. The maximum Gasteiger partial charge on any atom is 0.226 e. The monoisotopic (exact) mass is 492 g/mol. The number of likely N-dealkylation sites (tertiary alicyclic amines) is 1. The predicted molar refractivity (Wildman–Crippen MR) is 133 cm³/mol. The van der Waals surface area contributed by atoms with Crippen LogP contribution in [0.15, 0.2) is 48.8 Å². The normalized spacial score (nSPS) is 16.2. The van der Waals surface area contributed by atoms with Gasteiger partial charge in [-0.05, 0) is 62.3 Å². The number of piperidine rings is 1. The summed E-state index contributed by atoms with van der Waals surface area (Å²) in [5.74, 6) is 0.0912. The van der Waals surface area contributed by atoms with E-state index in [4.69, 9.17) is 10.5 Å². The summed E-state index contributed by atoms with van der Waals surface area (Å²) in [4.78, 5) is 14.2. The molecule has 36 heavy (non-hydrogen) atoms. The van der Waals surface area contributed by atoms with E-state index in [2.05, 4.69) is 37.3 Å². The van der Waals surface area contributed by atoms with Crippen molar-refractivity contribution in [3.05, 3.63) is 60.6 Å². The Balaban J connectivity index is 1.49. The molecule has 1 aromatic carbocycles. The van der Waals surface area contributed by atoms with Gasteiger partial charge in [-0.25, -0.2) is 19.0 Å². The lowest BCUT2D eigenvalue weighted by Crippen LogP contribution is -2.38. The summed E-state index contributed by atoms with van der Waals surface area (Å²) in [5.41, 5.74) is 7.87. The maximum absolute atomic E-state index is 14.7. The molecule has 1 aliphatic rings. The van der Waals surface area contributed by atoms with Crippen molar-refractivity contribution in [2.75, 3.05) is 31.2 Å². The number of nitrogen functional groups attached to an aromatic ring is 1. The molecular weight excluding hydrogens is 466 g/mol. The van der Waals surface area contributed by atoms with Crippen molar-refractivity contribution in [2.45, 2.75) is 18.9 Å². The third-order valence-electron chi connectivity index (χ3n) is 6.08. The van der Waals surface area contributed by atoms with E-state index >= 15 is 0 Å². The standard InChI is InChI=1S/C25H26F2N8O/c1-34-11-3-4-17(14-34)36-20-12-15(18-9-10-29-23(28)22(18)27)5-7-19(20)31-25-32-24(33-35(25)2)16-6-8-21(26)30-13-16/h5-10,12-13,17H,3-4,11,14H2,1-2H3,(H2,28,29)(H,31,32,33). The third-order valence-corrected chi connectivity index (χ3v) is 6.08. The summed E-state index contributed by atoms with van der Waals surface area (Å²) in [6, 6.07) is 9.78. The molecule has 1 fully saturated rings. The fourth-order valence-electron chi connectivity index (χ4n) is 4.21. The van der Waals surface area contributed by atoms with Gasteiger partial charge in [-0.2, -0.15) is 9.37 Å². The van der Waals surface area contributed by atoms with Crippen molar-refractivity contribution in [1.82, 2.24) is 29.6 Å². The lowest BCUT2D eigenvalue weighted by Gasteiger charge is -2.30. The molecule has 0 radical (unpaired) electrons. The number of ether oxygens (including phenoxy) is 1. The summed E-state index contributed by atoms with van der Waals surface area (Å²) >= 11 is 0. The van der Waals surface area contributed by atoms with E-state index in [1.807, 2.05) is 0 Å². The number of likely N-dealkylation sites (N-methyl/N-ethyl adjacent to an activating group) is 1. The second kappa shape index (κ2) is 9.86. The fraction of sp³-hybridized carbons (Fsp3) is 0.280. The lowest BCUT2D eigenvalue weighted by atomic mass is 10.0. The van der Waals surface area contributed by atoms with Gasteiger partial charge in [0, 0.05) is 37.1 Å². The van der Waals surface area contributed by atoms with Crippen molar-refractivity contribution in [2.24, 2.45) is 7.05 Å². The molecule has 0 bridgehead atoms. The number of hydrogen-bond donors (Lipinski definition) is 2. The molecule has 186 valence electrons. The fourth-order valence-corrected chi connectivity index (χ4v) is 4.21. The van der Waals surface area contributed by atoms with Gasteiger partial charge in [0.05, 0.1) is 5.69 Å². The van der Waals surface area contributed by atoms with E-state index < -0.39 is 11.8 Å². The maximum atomic E-state index is 14.7. The molecule has 1 saturated heterocycles. The van der Waals surface area contributed by atoms with Crippen LogP contribution < -0.4 is 15.8 Å². The number of aryl methyl sites for hydroxylation is 1. The van der Waals surface area contributed by atoms with Crippen LogP contribution in [0.25, 0.3) is 22.5 Å². The quantitative estimate of drug-likeness (QED) is 0.389. The van der Waals surface area contributed by atoms with Crippen molar-refractivity contribution >= 4 is 17.5 Å². The first-order valence-electron chi connectivity index (χ1n) is 11.6. The molecule has 4 aromatic rings. The molecule has 0 amide bonds. The zero-order chi connectivity index (χ0) is 25.2. The second-order valence-electron chi connectivity index (χ2n) is 8.79. The average molecular weight is 493 g/mol. The van der Waals surface area contributed by atoms with E-state index in [1.54, 1.807) is 42.1 Å². The Bertz CT molecular complexity index is 1380. The zero-order valence-corrected chi connectivity index (χ0v) is 19.9. The van der Waals surface area contributed by atoms with Crippen LogP contribution in [-0.4, -0.2) is 55.9 Å². The second-order valence-corrected chi connectivity index (χ2v) is 8.79. The van der Waals surface area contributed by atoms with Crippen LogP contribution >= 0.6 is 0 Å². The first kappa shape index (κ1) is 23.6. The van der Waals surface area contributed by atoms with Crippen molar-refractivity contribution in [1.29, 1.82) is 0 Å². The third kappa shape index (κ3) is 4.96. The molecule has 1 atom stereocenters. The zero-order valence-electron chi connectivity index (χ0n) is 19.9. The van der Waals surface area contributed by atoms with Gasteiger partial charge in [0.25, 0.3) is 0 Å². The number of nitrogens with two attached hydrogens (primary N) is 1. The Labute approximate surface area is 207 Å². The van der Waals surface area contributed by atoms with E-state index in [9.17, 15) is 8.78 Å². The number of pyridine rings is 2. The van der Waals surface area contributed by atoms with Crippen molar-refractivity contribution in [3.8, 4) is 28.3 Å². The first-order chi connectivity index (χ1) is 17.4. The summed E-state index contributed by atoms with van der Waals surface area (Å²) in [6.07, 6.45) is 4.77. The van der Waals surface area contributed by atoms with E-state index in [1.165, 1.54) is 18.5 Å². The molecule has 0 spiro atoms. The van der Waals surface area contributed by atoms with Crippen LogP contribution in [0, 0.1) is 11.8 Å². The van der Waals surface area contributed by atoms with E-state index in [0.717, 1.165) is 25.9 Å². The summed E-state index contributed by atoms with van der Waals surface area (Å²) in [7, 11) is 3.81. The van der Waals surface area contributed by atoms with Gasteiger partial charge in [-0.15, -0.1) is 5.10 Å². The van der Waals surface area contributed by atoms with Crippen molar-refractivity contribution in [3.63, 3.8) is 0 Å². The van der Waals surface area contributed by atoms with Crippen molar-refractivity contribution < 1.29 is 13.5 Å². The molecule has 3 aromatic heterocycles. The Morgan fingerprint density at radius 3 is 2.69 bits per heavy atom. The van der Waals surface area contributed by atoms with Crippen LogP contribution in [0.2, 0.25) is 0 Å². The van der Waals surface area contributed by atoms with Gasteiger partial charge in [0.15, 0.2) is 17.5 Å². The topological polar surface area (TPSA) is 107 Å². The molecule has 0 aliphatic carbocycles. The van der Waals surface area contributed by atoms with Gasteiger partial charge >= 0.3 is 0 Å². The number of hydrogen-bond acceptors (Lipinski definition) is 8. The number of nitrogens with one attached hydrogen (secondary N) is 1. The number of nitrogens with zero attached hydrogens (tertiary/aromatic N) is 6. The minimum Gasteiger partial charge on any atom is -0.487 e. The molecule has 3 N–H and O–H groups in total. The SMILES string of the molecule is CN1CCCC(Oc2cc(-c3ccnc(N)c3F)ccc2Nc2nc(-c3ccc(F)nc3)nn2C)C1. The van der Waals surface area contributed by atoms with E-state index in [-0.39, 0.29) is 11.9 Å². The van der Waals surface area contributed by atoms with Crippen LogP contribution in [0.5, 0.6) is 5.75 Å². The molecule has 9 nitrogen and oxygen atoms in total. The van der Waals surface area contributed by atoms with Crippen LogP contribution in [0.4, 0.5) is 26.2 Å². The highest BCUT2D eigenvalue weighted by atomic mass is 19.1. The number of anilines is 3. The number of benzene rings is 1. The largest absolute Gasteiger partial charge is 0.487 e. The Hall–Kier alpha value is -4.12. The minimum absolute atomic E-state index is 0.0211. The highest BCUT2D eigenvalue weighted by Gasteiger charge is 2.22. The highest BCUT2D eigenvalue weighted by molar-refractivity contribution is 5.74. The highest BCUT2D eigenvalue weighted by Crippen LogP contribution is 2.36. The first-order valence-corrected chi connectivity index (χ1v) is 11.6. The molecule has 4 heterocycles. The van der Waals surface area contributed by atoms with Gasteiger partial charge in [0.2, 0.25) is 11.9 Å². The Morgan fingerprint density at radius 2 is 1.92 bits per heavy atom. The minimum atomic E-state index is -0.576. The molecular formula is C25H26F2N8O. The molecule has 0 saturated carbocycles. The van der Waals surface area contributed by atoms with E-state index in [0.29, 0.717) is 39.9 Å². The Morgan fingerprint density at radius 1 is 1.08 bits per heavy atom. The van der Waals surface area contributed by atoms with Crippen LogP contribution in [-0.2, 0) is 7.05 Å². The summed E-state index contributed by atoms with van der Waals surface area (Å²) in [6.45, 7) is 1.80. The lowest BCUT2D eigenvalue weighted by molar-refractivity contribution is 0.105.